The van der Waals surface area contributed by atoms with Crippen molar-refractivity contribution < 1.29 is 22.7 Å². The van der Waals surface area contributed by atoms with Gasteiger partial charge in [0.25, 0.3) is 5.91 Å². The topological polar surface area (TPSA) is 51.2 Å². The van der Waals surface area contributed by atoms with E-state index in [9.17, 15) is 18.0 Å². The van der Waals surface area contributed by atoms with Crippen molar-refractivity contribution >= 4 is 5.91 Å². The second-order valence-electron chi connectivity index (χ2n) is 4.63. The molecule has 122 valence electrons. The second-order valence-corrected chi connectivity index (χ2v) is 4.63. The first kappa shape index (κ1) is 16.8. The number of hydrogen-bond donors (Lipinski definition) is 1. The highest BCUT2D eigenvalue weighted by Gasteiger charge is 2.34. The van der Waals surface area contributed by atoms with Crippen LogP contribution >= 0.6 is 0 Å². The number of aromatic nitrogens is 1. The Kier molecular flexibility index (Phi) is 5.20. The summed E-state index contributed by atoms with van der Waals surface area (Å²) < 4.78 is 44.1. The van der Waals surface area contributed by atoms with Gasteiger partial charge in [0.05, 0.1) is 17.7 Å². The summed E-state index contributed by atoms with van der Waals surface area (Å²) >= 11 is 0. The largest absolute Gasteiger partial charge is 0.478 e. The first-order valence-electron chi connectivity index (χ1n) is 6.94. The van der Waals surface area contributed by atoms with Crippen LogP contribution in [0.2, 0.25) is 0 Å². The van der Waals surface area contributed by atoms with Crippen LogP contribution in [0.25, 0.3) is 0 Å². The number of amides is 1. The number of carbonyl (C=O) groups excluding carboxylic acids is 1. The van der Waals surface area contributed by atoms with Gasteiger partial charge >= 0.3 is 6.18 Å². The summed E-state index contributed by atoms with van der Waals surface area (Å²) in [7, 11) is 0. The van der Waals surface area contributed by atoms with E-state index in [1.165, 1.54) is 18.3 Å². The van der Waals surface area contributed by atoms with Crippen molar-refractivity contribution in [3.05, 3.63) is 59.3 Å². The van der Waals surface area contributed by atoms with Gasteiger partial charge in [0.15, 0.2) is 0 Å². The summed E-state index contributed by atoms with van der Waals surface area (Å²) in [5.74, 6) is -0.455. The van der Waals surface area contributed by atoms with Crippen LogP contribution in [0.3, 0.4) is 0 Å². The molecule has 0 fully saturated rings. The molecule has 1 aromatic carbocycles. The fourth-order valence-electron chi connectivity index (χ4n) is 2.02. The fraction of sp³-hybridized carbons (Fsp3) is 0.250. The van der Waals surface area contributed by atoms with E-state index in [4.69, 9.17) is 4.74 Å². The third-order valence-corrected chi connectivity index (χ3v) is 3.05. The molecule has 0 bridgehead atoms. The van der Waals surface area contributed by atoms with Crippen molar-refractivity contribution in [3.8, 4) is 5.88 Å². The molecule has 1 aromatic heterocycles. The van der Waals surface area contributed by atoms with E-state index in [1.807, 2.05) is 0 Å². The number of carbonyl (C=O) groups is 1. The molecule has 0 spiro atoms. The molecule has 1 heterocycles. The van der Waals surface area contributed by atoms with E-state index < -0.39 is 23.2 Å². The van der Waals surface area contributed by atoms with Crippen molar-refractivity contribution in [3.63, 3.8) is 0 Å². The Morgan fingerprint density at radius 3 is 2.65 bits per heavy atom. The molecule has 0 atom stereocenters. The van der Waals surface area contributed by atoms with E-state index >= 15 is 0 Å². The monoisotopic (exact) mass is 324 g/mol. The molecule has 2 rings (SSSR count). The molecule has 1 N–H and O–H groups in total. The van der Waals surface area contributed by atoms with E-state index in [0.29, 0.717) is 18.1 Å². The van der Waals surface area contributed by atoms with Crippen LogP contribution in [0.15, 0.2) is 42.6 Å². The summed E-state index contributed by atoms with van der Waals surface area (Å²) in [4.78, 5) is 16.1. The normalized spacial score (nSPS) is 11.1. The second kappa shape index (κ2) is 7.13. The van der Waals surface area contributed by atoms with Crippen molar-refractivity contribution in [1.82, 2.24) is 10.3 Å². The van der Waals surface area contributed by atoms with E-state index in [-0.39, 0.29) is 6.54 Å². The van der Waals surface area contributed by atoms with E-state index in [2.05, 4.69) is 10.3 Å². The quantitative estimate of drug-likeness (QED) is 0.917. The van der Waals surface area contributed by atoms with Crippen LogP contribution in [-0.4, -0.2) is 17.5 Å². The average molecular weight is 324 g/mol. The minimum absolute atomic E-state index is 0.0220. The van der Waals surface area contributed by atoms with Gasteiger partial charge in [-0.3, -0.25) is 4.79 Å². The molecule has 0 saturated carbocycles. The average Bonchev–Trinajstić information content (AvgIpc) is 2.53. The van der Waals surface area contributed by atoms with Gasteiger partial charge in [-0.1, -0.05) is 18.2 Å². The SMILES string of the molecule is CCOc1ncccc1CNC(=O)c1ccccc1C(F)(F)F. The van der Waals surface area contributed by atoms with Crippen molar-refractivity contribution in [2.45, 2.75) is 19.6 Å². The number of pyridine rings is 1. The first-order chi connectivity index (χ1) is 10.9. The Bertz CT molecular complexity index is 687. The Balaban J connectivity index is 2.15. The van der Waals surface area contributed by atoms with Gasteiger partial charge in [-0.05, 0) is 25.1 Å². The maximum absolute atomic E-state index is 12.9. The van der Waals surface area contributed by atoms with Crippen molar-refractivity contribution in [1.29, 1.82) is 0 Å². The van der Waals surface area contributed by atoms with Crippen LogP contribution < -0.4 is 10.1 Å². The number of halogens is 3. The molecule has 0 radical (unpaired) electrons. The summed E-state index contributed by atoms with van der Waals surface area (Å²) in [6, 6.07) is 8.00. The van der Waals surface area contributed by atoms with Gasteiger partial charge in [0.2, 0.25) is 5.88 Å². The maximum atomic E-state index is 12.9. The molecule has 2 aromatic rings. The minimum atomic E-state index is -4.58. The lowest BCUT2D eigenvalue weighted by molar-refractivity contribution is -0.137. The van der Waals surface area contributed by atoms with Crippen LogP contribution in [0, 0.1) is 0 Å². The van der Waals surface area contributed by atoms with Gasteiger partial charge in [0, 0.05) is 18.3 Å². The fourth-order valence-corrected chi connectivity index (χ4v) is 2.02. The molecule has 23 heavy (non-hydrogen) atoms. The number of rotatable bonds is 5. The predicted octanol–water partition coefficient (Wildman–Crippen LogP) is 3.43. The molecule has 1 amide bonds. The smallest absolute Gasteiger partial charge is 0.417 e. The number of nitrogens with zero attached hydrogens (tertiary/aromatic N) is 1. The lowest BCUT2D eigenvalue weighted by Gasteiger charge is -2.13. The zero-order valence-electron chi connectivity index (χ0n) is 12.4. The highest BCUT2D eigenvalue weighted by Crippen LogP contribution is 2.31. The Labute approximate surface area is 131 Å². The van der Waals surface area contributed by atoms with E-state index in [0.717, 1.165) is 12.1 Å². The minimum Gasteiger partial charge on any atom is -0.478 e. The highest BCUT2D eigenvalue weighted by atomic mass is 19.4. The molecule has 7 heteroatoms. The molecule has 0 aliphatic carbocycles. The van der Waals surface area contributed by atoms with Crippen molar-refractivity contribution in [2.75, 3.05) is 6.61 Å². The molecular weight excluding hydrogens is 309 g/mol. The van der Waals surface area contributed by atoms with Gasteiger partial charge in [-0.2, -0.15) is 13.2 Å². The Morgan fingerprint density at radius 2 is 1.96 bits per heavy atom. The third kappa shape index (κ3) is 4.21. The lowest BCUT2D eigenvalue weighted by Crippen LogP contribution is -2.26. The maximum Gasteiger partial charge on any atom is 0.417 e. The van der Waals surface area contributed by atoms with Crippen LogP contribution in [0.1, 0.15) is 28.4 Å². The van der Waals surface area contributed by atoms with Crippen LogP contribution in [0.4, 0.5) is 13.2 Å². The summed E-state index contributed by atoms with van der Waals surface area (Å²) in [5.41, 5.74) is -0.789. The van der Waals surface area contributed by atoms with Crippen LogP contribution in [-0.2, 0) is 12.7 Å². The van der Waals surface area contributed by atoms with Gasteiger partial charge in [-0.15, -0.1) is 0 Å². The van der Waals surface area contributed by atoms with Crippen LogP contribution in [0.5, 0.6) is 5.88 Å². The Morgan fingerprint density at radius 1 is 1.22 bits per heavy atom. The first-order valence-corrected chi connectivity index (χ1v) is 6.94. The molecule has 0 saturated heterocycles. The zero-order valence-corrected chi connectivity index (χ0v) is 12.4. The standard InChI is InChI=1S/C16H15F3N2O2/c1-2-23-15-11(6-5-9-20-15)10-21-14(22)12-7-3-4-8-13(12)16(17,18)19/h3-9H,2,10H2,1H3,(H,21,22). The highest BCUT2D eigenvalue weighted by molar-refractivity contribution is 5.95. The zero-order chi connectivity index (χ0) is 16.9. The third-order valence-electron chi connectivity index (χ3n) is 3.05. The Hall–Kier alpha value is -2.57. The van der Waals surface area contributed by atoms with Gasteiger partial charge in [0.1, 0.15) is 0 Å². The molecular formula is C16H15F3N2O2. The summed E-state index contributed by atoms with van der Waals surface area (Å²) in [5, 5.41) is 2.47. The number of nitrogens with one attached hydrogen (secondary N) is 1. The lowest BCUT2D eigenvalue weighted by atomic mass is 10.1. The predicted molar refractivity (Wildman–Crippen MR) is 78.0 cm³/mol. The number of hydrogen-bond acceptors (Lipinski definition) is 3. The molecule has 4 nitrogen and oxygen atoms in total. The number of benzene rings is 1. The number of ether oxygens (including phenoxy) is 1. The summed E-state index contributed by atoms with van der Waals surface area (Å²) in [6.45, 7) is 2.21. The van der Waals surface area contributed by atoms with Gasteiger partial charge < -0.3 is 10.1 Å². The summed E-state index contributed by atoms with van der Waals surface area (Å²) in [6.07, 6.45) is -3.05. The molecule has 0 unspecified atom stereocenters. The van der Waals surface area contributed by atoms with Crippen molar-refractivity contribution in [2.24, 2.45) is 0 Å². The number of alkyl halides is 3. The molecule has 0 aliphatic rings. The van der Waals surface area contributed by atoms with Gasteiger partial charge in [-0.25, -0.2) is 4.98 Å². The molecule has 0 aliphatic heterocycles. The van der Waals surface area contributed by atoms with E-state index in [1.54, 1.807) is 19.1 Å².